The number of rotatable bonds is 4. The highest BCUT2D eigenvalue weighted by atomic mass is 35.5. The minimum atomic E-state index is 0.0562. The van der Waals surface area contributed by atoms with Crippen LogP contribution < -0.4 is 5.32 Å². The monoisotopic (exact) mass is 361 g/mol. The predicted octanol–water partition coefficient (Wildman–Crippen LogP) is 6.71. The molecule has 0 bridgehead atoms. The first kappa shape index (κ1) is 16.9. The van der Waals surface area contributed by atoms with Gasteiger partial charge in [-0.3, -0.25) is 0 Å². The first-order valence-corrected chi connectivity index (χ1v) is 8.05. The Bertz CT molecular complexity index is 642. The predicted molar refractivity (Wildman–Crippen MR) is 92.9 cm³/mol. The number of hydrogen-bond donors (Lipinski definition) is 1. The van der Waals surface area contributed by atoms with Gasteiger partial charge in [0.1, 0.15) is 0 Å². The zero-order valence-corrected chi connectivity index (χ0v) is 14.7. The summed E-state index contributed by atoms with van der Waals surface area (Å²) >= 11 is 24.3. The summed E-state index contributed by atoms with van der Waals surface area (Å²) in [6.45, 7) is 4.11. The third-order valence-electron chi connectivity index (χ3n) is 3.37. The Labute approximate surface area is 145 Å². The van der Waals surface area contributed by atoms with Gasteiger partial charge >= 0.3 is 0 Å². The Morgan fingerprint density at radius 1 is 0.762 bits per heavy atom. The maximum Gasteiger partial charge on any atom is 0.0595 e. The molecule has 0 radical (unpaired) electrons. The van der Waals surface area contributed by atoms with E-state index in [1.165, 1.54) is 0 Å². The Morgan fingerprint density at radius 2 is 1.43 bits per heavy atom. The first-order chi connectivity index (χ1) is 9.88. The minimum Gasteiger partial charge on any atom is -0.304 e. The third-order valence-corrected chi connectivity index (χ3v) is 4.69. The highest BCUT2D eigenvalue weighted by Crippen LogP contribution is 2.30. The van der Waals surface area contributed by atoms with E-state index in [0.717, 1.165) is 11.1 Å². The highest BCUT2D eigenvalue weighted by molar-refractivity contribution is 6.42. The Morgan fingerprint density at radius 3 is 2.10 bits per heavy atom. The molecular weight excluding hydrogens is 348 g/mol. The molecule has 0 spiro atoms. The summed E-state index contributed by atoms with van der Waals surface area (Å²) in [5, 5.41) is 5.96. The van der Waals surface area contributed by atoms with Crippen LogP contribution >= 0.6 is 46.4 Å². The van der Waals surface area contributed by atoms with Gasteiger partial charge in [-0.05, 0) is 55.3 Å². The van der Waals surface area contributed by atoms with Gasteiger partial charge in [-0.25, -0.2) is 0 Å². The van der Waals surface area contributed by atoms with Gasteiger partial charge in [-0.1, -0.05) is 52.5 Å². The van der Waals surface area contributed by atoms with E-state index in [-0.39, 0.29) is 12.1 Å². The lowest BCUT2D eigenvalue weighted by atomic mass is 10.0. The molecule has 2 rings (SSSR count). The maximum absolute atomic E-state index is 6.23. The average molecular weight is 363 g/mol. The molecule has 0 saturated carbocycles. The second kappa shape index (κ2) is 7.21. The molecule has 0 saturated heterocycles. The van der Waals surface area contributed by atoms with Crippen LogP contribution in [0.25, 0.3) is 0 Å². The van der Waals surface area contributed by atoms with Gasteiger partial charge in [0.2, 0.25) is 0 Å². The minimum absolute atomic E-state index is 0.0562. The zero-order chi connectivity index (χ0) is 15.6. The van der Waals surface area contributed by atoms with Crippen LogP contribution in [-0.2, 0) is 0 Å². The van der Waals surface area contributed by atoms with Crippen molar-refractivity contribution in [1.29, 1.82) is 0 Å². The lowest BCUT2D eigenvalue weighted by molar-refractivity contribution is 0.495. The maximum atomic E-state index is 6.23. The second-order valence-electron chi connectivity index (χ2n) is 4.95. The van der Waals surface area contributed by atoms with Crippen molar-refractivity contribution >= 4 is 46.4 Å². The number of halogens is 4. The molecule has 1 nitrogen and oxygen atoms in total. The summed E-state index contributed by atoms with van der Waals surface area (Å²) in [4.78, 5) is 0. The fourth-order valence-electron chi connectivity index (χ4n) is 2.19. The molecule has 1 N–H and O–H groups in total. The van der Waals surface area contributed by atoms with Crippen molar-refractivity contribution in [2.45, 2.75) is 25.9 Å². The molecular formula is C16H15Cl4N. The topological polar surface area (TPSA) is 12.0 Å². The standard InChI is InChI=1S/C16H15Cl4N/c1-9(11-3-5-15(19)16(20)7-11)21-10(2)13-8-12(17)4-6-14(13)18/h3-10,21H,1-2H3. The van der Waals surface area contributed by atoms with E-state index >= 15 is 0 Å². The molecule has 2 aromatic carbocycles. The van der Waals surface area contributed by atoms with E-state index in [1.54, 1.807) is 18.2 Å². The van der Waals surface area contributed by atoms with Gasteiger partial charge in [-0.15, -0.1) is 0 Å². The highest BCUT2D eigenvalue weighted by Gasteiger charge is 2.15. The van der Waals surface area contributed by atoms with Gasteiger partial charge < -0.3 is 5.32 Å². The van der Waals surface area contributed by atoms with Crippen LogP contribution in [0.4, 0.5) is 0 Å². The van der Waals surface area contributed by atoms with E-state index in [0.29, 0.717) is 20.1 Å². The molecule has 5 heteroatoms. The van der Waals surface area contributed by atoms with E-state index in [2.05, 4.69) is 12.2 Å². The van der Waals surface area contributed by atoms with Crippen LogP contribution in [0.3, 0.4) is 0 Å². The van der Waals surface area contributed by atoms with E-state index in [4.69, 9.17) is 46.4 Å². The van der Waals surface area contributed by atoms with Crippen LogP contribution in [0.2, 0.25) is 20.1 Å². The Balaban J connectivity index is 2.16. The normalized spacial score (nSPS) is 14.0. The molecule has 0 aromatic heterocycles. The third kappa shape index (κ3) is 4.28. The van der Waals surface area contributed by atoms with Gasteiger partial charge in [0.05, 0.1) is 10.0 Å². The van der Waals surface area contributed by atoms with Crippen molar-refractivity contribution in [3.63, 3.8) is 0 Å². The van der Waals surface area contributed by atoms with Crippen molar-refractivity contribution < 1.29 is 0 Å². The number of nitrogens with one attached hydrogen (secondary N) is 1. The molecule has 2 unspecified atom stereocenters. The summed E-state index contributed by atoms with van der Waals surface area (Å²) in [5.41, 5.74) is 2.03. The molecule has 0 fully saturated rings. The van der Waals surface area contributed by atoms with Crippen molar-refractivity contribution in [2.24, 2.45) is 0 Å². The molecule has 0 aliphatic carbocycles. The summed E-state index contributed by atoms with van der Waals surface area (Å²) in [7, 11) is 0. The largest absolute Gasteiger partial charge is 0.304 e. The van der Waals surface area contributed by atoms with Gasteiger partial charge in [0, 0.05) is 22.1 Å². The number of benzene rings is 2. The summed E-state index contributed by atoms with van der Waals surface area (Å²) in [6.07, 6.45) is 0. The van der Waals surface area contributed by atoms with Crippen molar-refractivity contribution in [2.75, 3.05) is 0 Å². The van der Waals surface area contributed by atoms with Crippen LogP contribution in [0.5, 0.6) is 0 Å². The van der Waals surface area contributed by atoms with E-state index in [9.17, 15) is 0 Å². The van der Waals surface area contributed by atoms with E-state index in [1.807, 2.05) is 25.1 Å². The quantitative estimate of drug-likeness (QED) is 0.636. The fraction of sp³-hybridized carbons (Fsp3) is 0.250. The number of hydrogen-bond acceptors (Lipinski definition) is 1. The fourth-order valence-corrected chi connectivity index (χ4v) is 2.96. The van der Waals surface area contributed by atoms with Gasteiger partial charge in [0.25, 0.3) is 0 Å². The van der Waals surface area contributed by atoms with Crippen molar-refractivity contribution in [3.05, 3.63) is 67.6 Å². The summed E-state index contributed by atoms with van der Waals surface area (Å²) in [5.74, 6) is 0. The van der Waals surface area contributed by atoms with Crippen molar-refractivity contribution in [1.82, 2.24) is 5.32 Å². The summed E-state index contributed by atoms with van der Waals surface area (Å²) < 4.78 is 0. The van der Waals surface area contributed by atoms with Crippen LogP contribution in [0.1, 0.15) is 37.1 Å². The molecule has 0 amide bonds. The zero-order valence-electron chi connectivity index (χ0n) is 11.6. The Hall–Kier alpha value is -0.440. The van der Waals surface area contributed by atoms with E-state index < -0.39 is 0 Å². The van der Waals surface area contributed by atoms with Crippen LogP contribution in [-0.4, -0.2) is 0 Å². The molecule has 2 atom stereocenters. The Kier molecular flexibility index (Phi) is 5.81. The molecule has 0 aliphatic heterocycles. The van der Waals surface area contributed by atoms with Crippen LogP contribution in [0, 0.1) is 0 Å². The van der Waals surface area contributed by atoms with Crippen LogP contribution in [0.15, 0.2) is 36.4 Å². The van der Waals surface area contributed by atoms with Gasteiger partial charge in [0.15, 0.2) is 0 Å². The van der Waals surface area contributed by atoms with Crippen molar-refractivity contribution in [3.8, 4) is 0 Å². The molecule has 0 aliphatic rings. The molecule has 112 valence electrons. The first-order valence-electron chi connectivity index (χ1n) is 6.54. The smallest absolute Gasteiger partial charge is 0.0595 e. The lowest BCUT2D eigenvalue weighted by Gasteiger charge is -2.22. The SMILES string of the molecule is CC(NC(C)c1cc(Cl)ccc1Cl)c1ccc(Cl)c(Cl)c1. The average Bonchev–Trinajstić information content (AvgIpc) is 2.44. The van der Waals surface area contributed by atoms with Gasteiger partial charge in [-0.2, -0.15) is 0 Å². The lowest BCUT2D eigenvalue weighted by Crippen LogP contribution is -2.22. The molecule has 21 heavy (non-hydrogen) atoms. The molecule has 0 heterocycles. The summed E-state index contributed by atoms with van der Waals surface area (Å²) in [6, 6.07) is 11.2. The second-order valence-corrected chi connectivity index (χ2v) is 6.61. The molecule has 2 aromatic rings.